The van der Waals surface area contributed by atoms with Gasteiger partial charge in [0.2, 0.25) is 5.91 Å². The van der Waals surface area contributed by atoms with Crippen LogP contribution in [0.1, 0.15) is 47.5 Å². The molecule has 4 nitrogen and oxygen atoms in total. The van der Waals surface area contributed by atoms with Gasteiger partial charge in [0.25, 0.3) is 0 Å². The van der Waals surface area contributed by atoms with Gasteiger partial charge in [-0.25, -0.2) is 0 Å². The summed E-state index contributed by atoms with van der Waals surface area (Å²) in [5, 5.41) is 0. The highest BCUT2D eigenvalue weighted by Gasteiger charge is 2.54. The maximum absolute atomic E-state index is 13.0. The summed E-state index contributed by atoms with van der Waals surface area (Å²) in [5.41, 5.74) is 4.59. The average molecular weight is 298 g/mol. The minimum absolute atomic E-state index is 0.0903. The molecule has 0 bridgehead atoms. The molecule has 1 aliphatic carbocycles. The van der Waals surface area contributed by atoms with Gasteiger partial charge in [0, 0.05) is 13.1 Å². The molecule has 2 fully saturated rings. The number of amides is 1. The predicted octanol–water partition coefficient (Wildman–Crippen LogP) is 2.10. The van der Waals surface area contributed by atoms with Crippen molar-refractivity contribution in [3.8, 4) is 0 Å². The van der Waals surface area contributed by atoms with Gasteiger partial charge >= 0.3 is 0 Å². The lowest BCUT2D eigenvalue weighted by Crippen LogP contribution is -2.64. The van der Waals surface area contributed by atoms with Crippen molar-refractivity contribution in [1.82, 2.24) is 4.90 Å². The summed E-state index contributed by atoms with van der Waals surface area (Å²) >= 11 is 5.19. The first-order valence-corrected chi connectivity index (χ1v) is 7.68. The lowest BCUT2D eigenvalue weighted by Gasteiger charge is -2.52. The Morgan fingerprint density at radius 2 is 1.65 bits per heavy atom. The fourth-order valence-electron chi connectivity index (χ4n) is 3.85. The minimum atomic E-state index is -0.613. The van der Waals surface area contributed by atoms with Gasteiger partial charge in [0.15, 0.2) is 0 Å². The molecule has 114 valence electrons. The maximum atomic E-state index is 13.0. The van der Waals surface area contributed by atoms with Crippen LogP contribution in [-0.2, 0) is 9.53 Å². The van der Waals surface area contributed by atoms with Crippen molar-refractivity contribution < 1.29 is 9.53 Å². The first-order valence-electron chi connectivity index (χ1n) is 7.27. The van der Waals surface area contributed by atoms with Crippen molar-refractivity contribution in [3.05, 3.63) is 0 Å². The van der Waals surface area contributed by atoms with Gasteiger partial charge in [0.1, 0.15) is 0 Å². The predicted molar refractivity (Wildman–Crippen MR) is 83.4 cm³/mol. The molecule has 2 N–H and O–H groups in total. The summed E-state index contributed by atoms with van der Waals surface area (Å²) in [4.78, 5) is 15.2. The maximum Gasteiger partial charge on any atom is 0.235 e. The molecule has 0 unspecified atom stereocenters. The van der Waals surface area contributed by atoms with Gasteiger partial charge in [-0.15, -0.1) is 0 Å². The van der Waals surface area contributed by atoms with Crippen molar-refractivity contribution in [2.24, 2.45) is 17.1 Å². The zero-order chi connectivity index (χ0) is 15.3. The van der Waals surface area contributed by atoms with E-state index in [-0.39, 0.29) is 17.1 Å². The molecular formula is C15H26N2O2S. The van der Waals surface area contributed by atoms with Gasteiger partial charge in [-0.2, -0.15) is 0 Å². The Morgan fingerprint density at radius 1 is 1.20 bits per heavy atom. The number of carbonyl (C=O) groups is 1. The molecule has 0 radical (unpaired) electrons. The first kappa shape index (κ1) is 15.7. The van der Waals surface area contributed by atoms with E-state index < -0.39 is 5.41 Å². The highest BCUT2D eigenvalue weighted by molar-refractivity contribution is 7.80. The van der Waals surface area contributed by atoms with Gasteiger partial charge in [-0.3, -0.25) is 4.79 Å². The lowest BCUT2D eigenvalue weighted by atomic mass is 9.61. The largest absolute Gasteiger partial charge is 0.392 e. The Hall–Kier alpha value is -0.680. The van der Waals surface area contributed by atoms with E-state index in [1.165, 1.54) is 0 Å². The molecule has 20 heavy (non-hydrogen) atoms. The van der Waals surface area contributed by atoms with E-state index in [2.05, 4.69) is 6.92 Å². The minimum Gasteiger partial charge on any atom is -0.392 e. The molecule has 0 spiro atoms. The van der Waals surface area contributed by atoms with Crippen molar-refractivity contribution in [2.75, 3.05) is 13.1 Å². The number of nitrogens with zero attached hydrogens (tertiary/aromatic N) is 1. The number of rotatable bonds is 2. The van der Waals surface area contributed by atoms with Crippen molar-refractivity contribution >= 4 is 23.1 Å². The number of hydrogen-bond donors (Lipinski definition) is 1. The standard InChI is InChI=1S/C15H26N2O2S/c1-10-6-15(7-10,11(16)20)12(18)17-8-13(2,3)19-14(4,5)9-17/h10H,6-9H2,1-5H3,(H2,16,20). The van der Waals surface area contributed by atoms with Crippen LogP contribution in [-0.4, -0.2) is 40.1 Å². The van der Waals surface area contributed by atoms with E-state index in [0.717, 1.165) is 12.8 Å². The van der Waals surface area contributed by atoms with Crippen molar-refractivity contribution in [3.63, 3.8) is 0 Å². The zero-order valence-electron chi connectivity index (χ0n) is 13.2. The van der Waals surface area contributed by atoms with E-state index in [4.69, 9.17) is 22.7 Å². The van der Waals surface area contributed by atoms with Gasteiger partial charge in [-0.1, -0.05) is 19.1 Å². The van der Waals surface area contributed by atoms with Crippen LogP contribution >= 0.6 is 12.2 Å². The topological polar surface area (TPSA) is 55.6 Å². The highest BCUT2D eigenvalue weighted by Crippen LogP contribution is 2.48. The highest BCUT2D eigenvalue weighted by atomic mass is 32.1. The van der Waals surface area contributed by atoms with Crippen LogP contribution in [0.2, 0.25) is 0 Å². The second-order valence-corrected chi connectivity index (χ2v) is 8.18. The second kappa shape index (κ2) is 4.67. The fourth-order valence-corrected chi connectivity index (χ4v) is 4.10. The van der Waals surface area contributed by atoms with Gasteiger partial charge in [-0.05, 0) is 46.5 Å². The second-order valence-electron chi connectivity index (χ2n) is 7.74. The molecule has 5 heteroatoms. The molecule has 1 saturated heterocycles. The summed E-state index contributed by atoms with van der Waals surface area (Å²) in [5.74, 6) is 0.607. The fraction of sp³-hybridized carbons (Fsp3) is 0.867. The smallest absolute Gasteiger partial charge is 0.235 e. The van der Waals surface area contributed by atoms with Crippen LogP contribution in [0.25, 0.3) is 0 Å². The number of carbonyl (C=O) groups excluding carboxylic acids is 1. The van der Waals surface area contributed by atoms with E-state index >= 15 is 0 Å². The van der Waals surface area contributed by atoms with Crippen LogP contribution in [0.3, 0.4) is 0 Å². The lowest BCUT2D eigenvalue weighted by molar-refractivity contribution is -0.194. The monoisotopic (exact) mass is 298 g/mol. The number of morpholine rings is 1. The molecule has 1 amide bonds. The van der Waals surface area contributed by atoms with E-state index in [9.17, 15) is 4.79 Å². The number of nitrogens with two attached hydrogens (primary N) is 1. The molecule has 0 aromatic carbocycles. The van der Waals surface area contributed by atoms with E-state index in [1.54, 1.807) is 0 Å². The van der Waals surface area contributed by atoms with Crippen LogP contribution < -0.4 is 5.73 Å². The third kappa shape index (κ3) is 2.70. The Morgan fingerprint density at radius 3 is 2.00 bits per heavy atom. The quantitative estimate of drug-likeness (QED) is 0.793. The van der Waals surface area contributed by atoms with E-state index in [0.29, 0.717) is 24.0 Å². The van der Waals surface area contributed by atoms with Crippen LogP contribution in [0.5, 0.6) is 0 Å². The zero-order valence-corrected chi connectivity index (χ0v) is 14.0. The molecule has 1 saturated carbocycles. The molecule has 2 rings (SSSR count). The summed E-state index contributed by atoms with van der Waals surface area (Å²) in [6.45, 7) is 11.4. The Kier molecular flexibility index (Phi) is 3.66. The molecule has 0 aromatic rings. The Bertz CT molecular complexity index is 423. The van der Waals surface area contributed by atoms with E-state index in [1.807, 2.05) is 32.6 Å². The summed E-state index contributed by atoms with van der Waals surface area (Å²) in [6, 6.07) is 0. The third-order valence-electron chi connectivity index (χ3n) is 4.26. The van der Waals surface area contributed by atoms with Crippen LogP contribution in [0.4, 0.5) is 0 Å². The number of hydrogen-bond acceptors (Lipinski definition) is 3. The third-order valence-corrected chi connectivity index (χ3v) is 4.65. The SMILES string of the molecule is CC1CC(C(=O)N2CC(C)(C)OC(C)(C)C2)(C(N)=S)C1. The number of ether oxygens (including phenoxy) is 1. The molecule has 0 atom stereocenters. The molecular weight excluding hydrogens is 272 g/mol. The Balaban J connectivity index is 2.22. The molecule has 1 heterocycles. The van der Waals surface area contributed by atoms with Gasteiger partial charge in [0.05, 0.1) is 21.6 Å². The van der Waals surface area contributed by atoms with Crippen molar-refractivity contribution in [1.29, 1.82) is 0 Å². The summed E-state index contributed by atoms with van der Waals surface area (Å²) in [6.07, 6.45) is 1.55. The average Bonchev–Trinajstić information content (AvgIpc) is 2.18. The summed E-state index contributed by atoms with van der Waals surface area (Å²) in [7, 11) is 0. The van der Waals surface area contributed by atoms with Crippen LogP contribution in [0, 0.1) is 11.3 Å². The normalized spacial score (nSPS) is 35.2. The van der Waals surface area contributed by atoms with Crippen molar-refractivity contribution in [2.45, 2.75) is 58.7 Å². The molecule has 1 aliphatic heterocycles. The Labute approximate surface area is 127 Å². The van der Waals surface area contributed by atoms with Gasteiger partial charge < -0.3 is 15.4 Å². The van der Waals surface area contributed by atoms with Crippen LogP contribution in [0.15, 0.2) is 0 Å². The first-order chi connectivity index (χ1) is 8.97. The molecule has 2 aliphatic rings. The number of thiocarbonyl (C=S) groups is 1. The molecule has 0 aromatic heterocycles. The summed E-state index contributed by atoms with van der Waals surface area (Å²) < 4.78 is 6.03.